The lowest BCUT2D eigenvalue weighted by Crippen LogP contribution is -2.25. The number of nitrogens with zero attached hydrogens (tertiary/aromatic N) is 2. The molecule has 0 spiro atoms. The zero-order valence-corrected chi connectivity index (χ0v) is 19.1. The van der Waals surface area contributed by atoms with E-state index in [4.69, 9.17) is 4.74 Å². The number of nitrogens with one attached hydrogen (secondary N) is 1. The first-order chi connectivity index (χ1) is 16.0. The van der Waals surface area contributed by atoms with Crippen molar-refractivity contribution in [1.29, 1.82) is 0 Å². The second-order valence-corrected chi connectivity index (χ2v) is 8.69. The van der Waals surface area contributed by atoms with Crippen LogP contribution < -0.4 is 10.4 Å². The maximum Gasteiger partial charge on any atom is 0.348 e. The van der Waals surface area contributed by atoms with Gasteiger partial charge in [0.2, 0.25) is 0 Å². The standard InChI is InChI=1S/C28H27N3O2/c1-18(2)19-8-10-20(11-9-19)27-24-17-23(33-3)12-13-26(24)31(28(32)30-27)15-14-22-16-21-6-4-5-7-25(21)29-22/h4-13,16-18,29H,14-15H2,1-3H3. The number of methoxy groups -OCH3 is 1. The number of rotatable bonds is 6. The molecule has 0 aliphatic carbocycles. The number of ether oxygens (including phenoxy) is 1. The molecule has 2 heterocycles. The first kappa shape index (κ1) is 21.0. The van der Waals surface area contributed by atoms with Gasteiger partial charge >= 0.3 is 5.69 Å². The SMILES string of the molecule is COc1ccc2c(c1)c(-c1ccc(C(C)C)cc1)nc(=O)n2CCc1cc2ccccc2[nH]1. The van der Waals surface area contributed by atoms with Crippen molar-refractivity contribution in [3.63, 3.8) is 0 Å². The van der Waals surface area contributed by atoms with Crippen LogP contribution in [0.3, 0.4) is 0 Å². The molecule has 3 aromatic carbocycles. The molecule has 0 saturated carbocycles. The average Bonchev–Trinajstić information content (AvgIpc) is 3.26. The van der Waals surface area contributed by atoms with Gasteiger partial charge in [0.25, 0.3) is 0 Å². The summed E-state index contributed by atoms with van der Waals surface area (Å²) >= 11 is 0. The summed E-state index contributed by atoms with van der Waals surface area (Å²) in [6.07, 6.45) is 0.708. The first-order valence-corrected chi connectivity index (χ1v) is 11.3. The summed E-state index contributed by atoms with van der Waals surface area (Å²) in [5, 5.41) is 2.08. The summed E-state index contributed by atoms with van der Waals surface area (Å²) in [6, 6.07) is 24.5. The summed E-state index contributed by atoms with van der Waals surface area (Å²) in [5.41, 5.74) is 5.68. The van der Waals surface area contributed by atoms with Gasteiger partial charge in [0, 0.05) is 35.1 Å². The summed E-state index contributed by atoms with van der Waals surface area (Å²) in [7, 11) is 1.65. The van der Waals surface area contributed by atoms with Crippen molar-refractivity contribution >= 4 is 21.8 Å². The molecule has 5 aromatic rings. The summed E-state index contributed by atoms with van der Waals surface area (Å²) < 4.78 is 7.23. The summed E-state index contributed by atoms with van der Waals surface area (Å²) in [6.45, 7) is 4.87. The molecule has 1 N–H and O–H groups in total. The predicted octanol–water partition coefficient (Wildman–Crippen LogP) is 5.92. The monoisotopic (exact) mass is 437 g/mol. The van der Waals surface area contributed by atoms with E-state index in [0.29, 0.717) is 24.6 Å². The van der Waals surface area contributed by atoms with Gasteiger partial charge in [0.15, 0.2) is 0 Å². The predicted molar refractivity (Wildman–Crippen MR) is 134 cm³/mol. The zero-order chi connectivity index (χ0) is 22.9. The molecule has 0 amide bonds. The highest BCUT2D eigenvalue weighted by Crippen LogP contribution is 2.30. The largest absolute Gasteiger partial charge is 0.497 e. The second kappa shape index (κ2) is 8.58. The van der Waals surface area contributed by atoms with Crippen LogP contribution in [-0.4, -0.2) is 21.6 Å². The fourth-order valence-corrected chi connectivity index (χ4v) is 4.35. The van der Waals surface area contributed by atoms with Crippen molar-refractivity contribution in [3.8, 4) is 17.0 Å². The number of H-pyrrole nitrogens is 1. The molecule has 0 saturated heterocycles. The van der Waals surface area contributed by atoms with Crippen molar-refractivity contribution in [3.05, 3.63) is 94.5 Å². The Morgan fingerprint density at radius 3 is 2.52 bits per heavy atom. The lowest BCUT2D eigenvalue weighted by Gasteiger charge is -2.14. The third-order valence-electron chi connectivity index (χ3n) is 6.23. The van der Waals surface area contributed by atoms with E-state index < -0.39 is 0 Å². The van der Waals surface area contributed by atoms with E-state index >= 15 is 0 Å². The minimum Gasteiger partial charge on any atom is -0.497 e. The minimum absolute atomic E-state index is 0.244. The Balaban J connectivity index is 1.57. The van der Waals surface area contributed by atoms with Gasteiger partial charge in [-0.05, 0) is 47.2 Å². The highest BCUT2D eigenvalue weighted by atomic mass is 16.5. The van der Waals surface area contributed by atoms with E-state index in [9.17, 15) is 4.79 Å². The van der Waals surface area contributed by atoms with E-state index in [1.54, 1.807) is 11.7 Å². The first-order valence-electron chi connectivity index (χ1n) is 11.3. The van der Waals surface area contributed by atoms with Gasteiger partial charge in [-0.2, -0.15) is 4.98 Å². The Kier molecular flexibility index (Phi) is 5.47. The Labute approximate surface area is 192 Å². The molecule has 0 radical (unpaired) electrons. The number of para-hydroxylation sites is 1. The Morgan fingerprint density at radius 2 is 1.79 bits per heavy atom. The molecular weight excluding hydrogens is 410 g/mol. The van der Waals surface area contributed by atoms with Crippen LogP contribution in [0.4, 0.5) is 0 Å². The smallest absolute Gasteiger partial charge is 0.348 e. The average molecular weight is 438 g/mol. The van der Waals surface area contributed by atoms with Gasteiger partial charge in [-0.1, -0.05) is 56.3 Å². The fourth-order valence-electron chi connectivity index (χ4n) is 4.35. The molecule has 0 atom stereocenters. The lowest BCUT2D eigenvalue weighted by molar-refractivity contribution is 0.415. The van der Waals surface area contributed by atoms with Crippen LogP contribution in [0, 0.1) is 0 Å². The molecule has 0 unspecified atom stereocenters. The molecule has 2 aromatic heterocycles. The van der Waals surface area contributed by atoms with E-state index in [-0.39, 0.29) is 5.69 Å². The maximum absolute atomic E-state index is 13.2. The van der Waals surface area contributed by atoms with Gasteiger partial charge in [0.1, 0.15) is 5.75 Å². The van der Waals surface area contributed by atoms with Crippen LogP contribution in [0.1, 0.15) is 31.0 Å². The van der Waals surface area contributed by atoms with E-state index in [2.05, 4.69) is 54.1 Å². The summed E-state index contributed by atoms with van der Waals surface area (Å²) in [4.78, 5) is 21.1. The quantitative estimate of drug-likeness (QED) is 0.359. The van der Waals surface area contributed by atoms with Crippen LogP contribution in [0.2, 0.25) is 0 Å². The Hall–Kier alpha value is -3.86. The van der Waals surface area contributed by atoms with Gasteiger partial charge in [-0.25, -0.2) is 4.79 Å². The number of benzene rings is 3. The molecule has 0 bridgehead atoms. The van der Waals surface area contributed by atoms with Gasteiger partial charge < -0.3 is 9.72 Å². The van der Waals surface area contributed by atoms with Crippen LogP contribution in [-0.2, 0) is 13.0 Å². The van der Waals surface area contributed by atoms with Crippen LogP contribution in [0.5, 0.6) is 5.75 Å². The molecule has 0 fully saturated rings. The van der Waals surface area contributed by atoms with Crippen molar-refractivity contribution in [2.45, 2.75) is 32.7 Å². The van der Waals surface area contributed by atoms with Crippen molar-refractivity contribution in [1.82, 2.24) is 14.5 Å². The molecule has 5 nitrogen and oxygen atoms in total. The van der Waals surface area contributed by atoms with E-state index in [0.717, 1.165) is 33.4 Å². The molecule has 5 heteroatoms. The summed E-state index contributed by atoms with van der Waals surface area (Å²) in [5.74, 6) is 1.19. The molecule has 5 rings (SSSR count). The molecule has 33 heavy (non-hydrogen) atoms. The number of fused-ring (bicyclic) bond motifs is 2. The Morgan fingerprint density at radius 1 is 1.00 bits per heavy atom. The van der Waals surface area contributed by atoms with Gasteiger partial charge in [-0.3, -0.25) is 4.57 Å². The minimum atomic E-state index is -0.244. The number of aromatic nitrogens is 3. The van der Waals surface area contributed by atoms with Crippen molar-refractivity contribution in [2.24, 2.45) is 0 Å². The van der Waals surface area contributed by atoms with Crippen LogP contribution in [0.15, 0.2) is 77.6 Å². The number of aryl methyl sites for hydroxylation is 2. The molecule has 0 aliphatic heterocycles. The fraction of sp³-hybridized carbons (Fsp3) is 0.214. The van der Waals surface area contributed by atoms with E-state index in [1.807, 2.05) is 42.5 Å². The van der Waals surface area contributed by atoms with Gasteiger partial charge in [-0.15, -0.1) is 0 Å². The van der Waals surface area contributed by atoms with Crippen molar-refractivity contribution in [2.75, 3.05) is 7.11 Å². The highest BCUT2D eigenvalue weighted by Gasteiger charge is 2.14. The number of aromatic amines is 1. The van der Waals surface area contributed by atoms with Crippen LogP contribution >= 0.6 is 0 Å². The Bertz CT molecular complexity index is 1460. The number of hydrogen-bond acceptors (Lipinski definition) is 3. The highest BCUT2D eigenvalue weighted by molar-refractivity contribution is 5.93. The van der Waals surface area contributed by atoms with Gasteiger partial charge in [0.05, 0.1) is 18.3 Å². The second-order valence-electron chi connectivity index (χ2n) is 8.69. The normalized spacial score (nSPS) is 11.5. The zero-order valence-electron chi connectivity index (χ0n) is 19.1. The lowest BCUT2D eigenvalue weighted by atomic mass is 9.99. The molecule has 0 aliphatic rings. The maximum atomic E-state index is 13.2. The van der Waals surface area contributed by atoms with E-state index in [1.165, 1.54) is 10.9 Å². The topological polar surface area (TPSA) is 59.9 Å². The van der Waals surface area contributed by atoms with Crippen LogP contribution in [0.25, 0.3) is 33.1 Å². The number of hydrogen-bond donors (Lipinski definition) is 1. The third-order valence-corrected chi connectivity index (χ3v) is 6.23. The van der Waals surface area contributed by atoms with Crippen molar-refractivity contribution < 1.29 is 4.74 Å². The molecular formula is C28H27N3O2. The third kappa shape index (κ3) is 4.02. The molecule has 166 valence electrons.